The van der Waals surface area contributed by atoms with Crippen LogP contribution in [-0.2, 0) is 15.7 Å². The molecule has 0 spiro atoms. The lowest BCUT2D eigenvalue weighted by atomic mass is 10.3. The summed E-state index contributed by atoms with van der Waals surface area (Å²) in [6, 6.07) is 0. The van der Waals surface area contributed by atoms with E-state index < -0.39 is 9.84 Å². The summed E-state index contributed by atoms with van der Waals surface area (Å²) in [5, 5.41) is 3.95. The summed E-state index contributed by atoms with van der Waals surface area (Å²) < 4.78 is 24.0. The fraction of sp³-hybridized carbons (Fsp3) is 0.222. The van der Waals surface area contributed by atoms with E-state index >= 15 is 0 Å². The van der Waals surface area contributed by atoms with Crippen LogP contribution in [0, 0.1) is 0 Å². The van der Waals surface area contributed by atoms with Gasteiger partial charge in [-0.2, -0.15) is 5.10 Å². The Balaban J connectivity index is 2.51. The fourth-order valence-corrected chi connectivity index (χ4v) is 1.98. The van der Waals surface area contributed by atoms with Crippen LogP contribution in [0.15, 0.2) is 29.8 Å². The summed E-state index contributed by atoms with van der Waals surface area (Å²) in [6.45, 7) is 0. The molecule has 0 fully saturated rings. The third kappa shape index (κ3) is 2.45. The lowest BCUT2D eigenvalue weighted by molar-refractivity contribution is 0.602. The van der Waals surface area contributed by atoms with Crippen LogP contribution in [0.2, 0.25) is 0 Å². The van der Waals surface area contributed by atoms with Gasteiger partial charge in [-0.15, -0.1) is 11.6 Å². The number of sulfone groups is 1. The number of alkyl halides is 1. The first kappa shape index (κ1) is 12.0. The standard InChI is InChI=1S/C9H9ClN4O2S/c1-17(15,16)8-4-13-14(5-8)9-7(2-10)3-11-6-12-9/h3-6H,2H2,1H3. The Labute approximate surface area is 103 Å². The Hall–Kier alpha value is -1.47. The quantitative estimate of drug-likeness (QED) is 0.773. The molecule has 17 heavy (non-hydrogen) atoms. The van der Waals surface area contributed by atoms with Crippen LogP contribution >= 0.6 is 11.6 Å². The molecule has 2 aromatic heterocycles. The molecular weight excluding hydrogens is 264 g/mol. The topological polar surface area (TPSA) is 77.7 Å². The highest BCUT2D eigenvalue weighted by Gasteiger charge is 2.13. The zero-order valence-corrected chi connectivity index (χ0v) is 10.5. The first-order valence-electron chi connectivity index (χ1n) is 4.62. The van der Waals surface area contributed by atoms with Gasteiger partial charge in [0.25, 0.3) is 0 Å². The molecule has 2 aromatic rings. The number of rotatable bonds is 3. The summed E-state index contributed by atoms with van der Waals surface area (Å²) >= 11 is 5.74. The molecule has 0 aliphatic carbocycles. The SMILES string of the molecule is CS(=O)(=O)c1cnn(-c2ncncc2CCl)c1. The van der Waals surface area contributed by atoms with Crippen LogP contribution in [-0.4, -0.2) is 34.4 Å². The summed E-state index contributed by atoms with van der Waals surface area (Å²) in [5.41, 5.74) is 0.678. The normalized spacial score (nSPS) is 11.6. The minimum absolute atomic E-state index is 0.136. The molecule has 2 heterocycles. The molecule has 90 valence electrons. The highest BCUT2D eigenvalue weighted by Crippen LogP contribution is 2.14. The summed E-state index contributed by atoms with van der Waals surface area (Å²) in [4.78, 5) is 8.00. The number of halogens is 1. The van der Waals surface area contributed by atoms with E-state index in [1.165, 1.54) is 23.4 Å². The molecule has 0 bridgehead atoms. The Kier molecular flexibility index (Phi) is 3.12. The summed E-state index contributed by atoms with van der Waals surface area (Å²) in [7, 11) is -3.27. The third-order valence-corrected chi connectivity index (χ3v) is 3.47. The van der Waals surface area contributed by atoms with Crippen molar-refractivity contribution in [1.29, 1.82) is 0 Å². The lowest BCUT2D eigenvalue weighted by Gasteiger charge is -2.03. The molecule has 0 saturated heterocycles. The first-order valence-corrected chi connectivity index (χ1v) is 7.05. The van der Waals surface area contributed by atoms with E-state index in [0.717, 1.165) is 6.26 Å². The number of aromatic nitrogens is 4. The monoisotopic (exact) mass is 272 g/mol. The van der Waals surface area contributed by atoms with E-state index in [-0.39, 0.29) is 10.8 Å². The van der Waals surface area contributed by atoms with Gasteiger partial charge in [0.1, 0.15) is 11.2 Å². The van der Waals surface area contributed by atoms with E-state index in [1.807, 2.05) is 0 Å². The van der Waals surface area contributed by atoms with E-state index in [4.69, 9.17) is 11.6 Å². The van der Waals surface area contributed by atoms with Crippen LogP contribution in [0.3, 0.4) is 0 Å². The molecule has 0 unspecified atom stereocenters. The van der Waals surface area contributed by atoms with Crippen molar-refractivity contribution in [1.82, 2.24) is 19.7 Å². The smallest absolute Gasteiger partial charge is 0.178 e. The Morgan fingerprint density at radius 1 is 1.41 bits per heavy atom. The molecular formula is C9H9ClN4O2S. The number of hydrogen-bond donors (Lipinski definition) is 0. The van der Waals surface area contributed by atoms with Crippen molar-refractivity contribution in [2.24, 2.45) is 0 Å². The molecule has 8 heteroatoms. The van der Waals surface area contributed by atoms with Crippen LogP contribution in [0.25, 0.3) is 5.82 Å². The van der Waals surface area contributed by atoms with Gasteiger partial charge in [0, 0.05) is 18.0 Å². The van der Waals surface area contributed by atoms with Crippen molar-refractivity contribution in [2.75, 3.05) is 6.26 Å². The fourth-order valence-electron chi connectivity index (χ4n) is 1.27. The van der Waals surface area contributed by atoms with Crippen LogP contribution in [0.4, 0.5) is 0 Å². The molecule has 0 N–H and O–H groups in total. The van der Waals surface area contributed by atoms with Crippen molar-refractivity contribution in [3.63, 3.8) is 0 Å². The second kappa shape index (κ2) is 4.42. The molecule has 0 saturated carbocycles. The summed E-state index contributed by atoms with van der Waals surface area (Å²) in [6.07, 6.45) is 6.71. The maximum absolute atomic E-state index is 11.3. The van der Waals surface area contributed by atoms with Crippen LogP contribution < -0.4 is 0 Å². The molecule has 2 rings (SSSR count). The highest BCUT2D eigenvalue weighted by atomic mass is 35.5. The third-order valence-electron chi connectivity index (χ3n) is 2.11. The predicted octanol–water partition coefficient (Wildman–Crippen LogP) is 0.805. The number of nitrogens with zero attached hydrogens (tertiary/aromatic N) is 4. The Bertz CT molecular complexity index is 638. The summed E-state index contributed by atoms with van der Waals surface area (Å²) in [5.74, 6) is 0.703. The molecule has 0 amide bonds. The zero-order valence-electron chi connectivity index (χ0n) is 8.91. The zero-order chi connectivity index (χ0) is 12.5. The van der Waals surface area contributed by atoms with Crippen LogP contribution in [0.5, 0.6) is 0 Å². The molecule has 0 aliphatic heterocycles. The van der Waals surface area contributed by atoms with Crippen molar-refractivity contribution in [3.8, 4) is 5.82 Å². The first-order chi connectivity index (χ1) is 8.02. The Morgan fingerprint density at radius 3 is 2.76 bits per heavy atom. The van der Waals surface area contributed by atoms with Gasteiger partial charge in [-0.25, -0.2) is 23.1 Å². The van der Waals surface area contributed by atoms with Gasteiger partial charge in [0.15, 0.2) is 15.7 Å². The van der Waals surface area contributed by atoms with E-state index in [1.54, 1.807) is 6.20 Å². The average Bonchev–Trinajstić information content (AvgIpc) is 2.77. The van der Waals surface area contributed by atoms with E-state index in [9.17, 15) is 8.42 Å². The second-order valence-electron chi connectivity index (χ2n) is 3.40. The lowest BCUT2D eigenvalue weighted by Crippen LogP contribution is -2.03. The minimum atomic E-state index is -3.27. The van der Waals surface area contributed by atoms with Gasteiger partial charge in [0.2, 0.25) is 0 Å². The molecule has 0 aromatic carbocycles. The Morgan fingerprint density at radius 2 is 2.18 bits per heavy atom. The van der Waals surface area contributed by atoms with E-state index in [0.29, 0.717) is 11.4 Å². The molecule has 0 aliphatic rings. The van der Waals surface area contributed by atoms with Crippen molar-refractivity contribution >= 4 is 21.4 Å². The second-order valence-corrected chi connectivity index (χ2v) is 5.68. The molecule has 0 radical (unpaired) electrons. The van der Waals surface area contributed by atoms with Crippen molar-refractivity contribution in [2.45, 2.75) is 10.8 Å². The van der Waals surface area contributed by atoms with E-state index in [2.05, 4.69) is 15.1 Å². The maximum atomic E-state index is 11.3. The van der Waals surface area contributed by atoms with Crippen molar-refractivity contribution in [3.05, 3.63) is 30.5 Å². The number of hydrogen-bond acceptors (Lipinski definition) is 5. The molecule has 6 nitrogen and oxygen atoms in total. The van der Waals surface area contributed by atoms with Gasteiger partial charge in [-0.3, -0.25) is 0 Å². The van der Waals surface area contributed by atoms with Crippen molar-refractivity contribution < 1.29 is 8.42 Å². The van der Waals surface area contributed by atoms with Gasteiger partial charge in [-0.1, -0.05) is 0 Å². The predicted molar refractivity (Wildman–Crippen MR) is 61.8 cm³/mol. The minimum Gasteiger partial charge on any atom is -0.244 e. The van der Waals surface area contributed by atoms with Gasteiger partial charge >= 0.3 is 0 Å². The highest BCUT2D eigenvalue weighted by molar-refractivity contribution is 7.90. The van der Waals surface area contributed by atoms with Crippen LogP contribution in [0.1, 0.15) is 5.56 Å². The molecule has 0 atom stereocenters. The van der Waals surface area contributed by atoms with Gasteiger partial charge < -0.3 is 0 Å². The van der Waals surface area contributed by atoms with Gasteiger partial charge in [-0.05, 0) is 0 Å². The van der Waals surface area contributed by atoms with Gasteiger partial charge in [0.05, 0.1) is 18.3 Å². The largest absolute Gasteiger partial charge is 0.244 e. The average molecular weight is 273 g/mol. The maximum Gasteiger partial charge on any atom is 0.178 e.